The molecule has 0 aromatic heterocycles. The first-order chi connectivity index (χ1) is 11.9. The van der Waals surface area contributed by atoms with E-state index in [4.69, 9.17) is 0 Å². The summed E-state index contributed by atoms with van der Waals surface area (Å²) in [6.45, 7) is 6.32. The molecule has 2 aromatic carbocycles. The fraction of sp³-hybridized carbons (Fsp3) is 0.350. The molecule has 4 nitrogen and oxygen atoms in total. The van der Waals surface area contributed by atoms with Gasteiger partial charge < -0.3 is 15.1 Å². The number of aryl methyl sites for hydroxylation is 1. The van der Waals surface area contributed by atoms with Crippen molar-refractivity contribution in [1.29, 1.82) is 0 Å². The van der Waals surface area contributed by atoms with Crippen LogP contribution in [0, 0.1) is 6.92 Å². The lowest BCUT2D eigenvalue weighted by atomic mass is 10.2. The molecule has 0 saturated heterocycles. The lowest BCUT2D eigenvalue weighted by Crippen LogP contribution is -3.11. The first kappa shape index (κ1) is 19.5. The Morgan fingerprint density at radius 2 is 1.84 bits per heavy atom. The van der Waals surface area contributed by atoms with Crippen LogP contribution < -0.4 is 15.1 Å². The molecule has 2 N–H and O–H groups in total. The van der Waals surface area contributed by atoms with Gasteiger partial charge in [0.25, 0.3) is 5.91 Å². The molecule has 5 heteroatoms. The van der Waals surface area contributed by atoms with Gasteiger partial charge in [-0.05, 0) is 49.7 Å². The summed E-state index contributed by atoms with van der Waals surface area (Å²) in [6, 6.07) is 14.4. The summed E-state index contributed by atoms with van der Waals surface area (Å²) in [6.07, 6.45) is 0. The minimum Gasteiger partial charge on any atom is -0.378 e. The summed E-state index contributed by atoms with van der Waals surface area (Å²) < 4.78 is 1.02. The fourth-order valence-corrected chi connectivity index (χ4v) is 3.18. The van der Waals surface area contributed by atoms with Crippen molar-refractivity contribution in [1.82, 2.24) is 0 Å². The van der Waals surface area contributed by atoms with E-state index in [1.807, 2.05) is 39.2 Å². The first-order valence-electron chi connectivity index (χ1n) is 8.55. The third-order valence-corrected chi connectivity index (χ3v) is 4.77. The zero-order valence-corrected chi connectivity index (χ0v) is 17.0. The van der Waals surface area contributed by atoms with Gasteiger partial charge in [0.15, 0.2) is 6.54 Å². The van der Waals surface area contributed by atoms with E-state index in [-0.39, 0.29) is 5.91 Å². The maximum atomic E-state index is 12.4. The van der Waals surface area contributed by atoms with E-state index in [0.717, 1.165) is 28.8 Å². The summed E-state index contributed by atoms with van der Waals surface area (Å²) in [5.74, 6) is 0.0483. The van der Waals surface area contributed by atoms with E-state index in [0.29, 0.717) is 6.54 Å². The molecule has 1 atom stereocenters. The molecule has 0 aliphatic carbocycles. The number of carbonyl (C=O) groups is 1. The van der Waals surface area contributed by atoms with Gasteiger partial charge in [0.1, 0.15) is 6.54 Å². The number of carbonyl (C=O) groups excluding carboxylic acids is 1. The van der Waals surface area contributed by atoms with Gasteiger partial charge in [0.05, 0.1) is 6.54 Å². The van der Waals surface area contributed by atoms with Crippen LogP contribution in [0.3, 0.4) is 0 Å². The average molecular weight is 405 g/mol. The molecule has 0 aliphatic rings. The topological polar surface area (TPSA) is 36.8 Å². The Labute approximate surface area is 159 Å². The molecule has 0 fully saturated rings. The van der Waals surface area contributed by atoms with Gasteiger partial charge in [-0.1, -0.05) is 28.1 Å². The molecular formula is C20H27BrN3O+. The van der Waals surface area contributed by atoms with Crippen molar-refractivity contribution in [3.8, 4) is 0 Å². The quantitative estimate of drug-likeness (QED) is 0.744. The summed E-state index contributed by atoms with van der Waals surface area (Å²) >= 11 is 3.45. The lowest BCUT2D eigenvalue weighted by Gasteiger charge is -2.19. The maximum absolute atomic E-state index is 12.4. The first-order valence-corrected chi connectivity index (χ1v) is 9.34. The molecule has 2 aromatic rings. The number of quaternary nitrogens is 1. The lowest BCUT2D eigenvalue weighted by molar-refractivity contribution is -0.903. The van der Waals surface area contributed by atoms with Gasteiger partial charge in [-0.25, -0.2) is 0 Å². The van der Waals surface area contributed by atoms with E-state index < -0.39 is 0 Å². The summed E-state index contributed by atoms with van der Waals surface area (Å²) in [7, 11) is 4.07. The van der Waals surface area contributed by atoms with Crippen LogP contribution in [0.1, 0.15) is 18.1 Å². The van der Waals surface area contributed by atoms with Gasteiger partial charge in [-0.15, -0.1) is 0 Å². The van der Waals surface area contributed by atoms with Crippen LogP contribution in [0.5, 0.6) is 0 Å². The number of rotatable bonds is 7. The third kappa shape index (κ3) is 5.87. The third-order valence-electron chi connectivity index (χ3n) is 4.28. The summed E-state index contributed by atoms with van der Waals surface area (Å²) in [5, 5.41) is 3.02. The number of hydrogen-bond acceptors (Lipinski definition) is 2. The number of hydrogen-bond donors (Lipinski definition) is 2. The maximum Gasteiger partial charge on any atom is 0.279 e. The summed E-state index contributed by atoms with van der Waals surface area (Å²) in [4.78, 5) is 15.7. The molecule has 0 saturated carbocycles. The number of anilines is 2. The minimum atomic E-state index is 0.0483. The molecular weight excluding hydrogens is 378 g/mol. The van der Waals surface area contributed by atoms with E-state index in [1.54, 1.807) is 0 Å². The van der Waals surface area contributed by atoms with Crippen LogP contribution in [0.25, 0.3) is 0 Å². The molecule has 1 amide bonds. The normalized spacial score (nSPS) is 11.9. The zero-order chi connectivity index (χ0) is 18.4. The molecule has 2 rings (SSSR count). The largest absolute Gasteiger partial charge is 0.378 e. The van der Waals surface area contributed by atoms with Crippen molar-refractivity contribution in [2.45, 2.75) is 20.4 Å². The highest BCUT2D eigenvalue weighted by Crippen LogP contribution is 2.19. The standard InChI is InChI=1S/C20H26BrN3O/c1-5-24(13-16-6-9-18(10-7-16)23(3)4)14-20(25)22-19-11-8-17(21)12-15(19)2/h6-12H,5,13-14H2,1-4H3,(H,22,25)/p+1. The number of halogens is 1. The number of nitrogens with one attached hydrogen (secondary N) is 2. The minimum absolute atomic E-state index is 0.0483. The molecule has 1 unspecified atom stereocenters. The molecule has 0 spiro atoms. The summed E-state index contributed by atoms with van der Waals surface area (Å²) in [5.41, 5.74) is 4.36. The van der Waals surface area contributed by atoms with Crippen molar-refractivity contribution in [2.24, 2.45) is 0 Å². The van der Waals surface area contributed by atoms with Gasteiger partial charge in [-0.3, -0.25) is 4.79 Å². The second kappa shape index (κ2) is 9.02. The van der Waals surface area contributed by atoms with Crippen LogP contribution in [-0.2, 0) is 11.3 Å². The van der Waals surface area contributed by atoms with E-state index >= 15 is 0 Å². The SMILES string of the molecule is CC[NH+](CC(=O)Nc1ccc(Br)cc1C)Cc1ccc(N(C)C)cc1. The molecule has 0 heterocycles. The van der Waals surface area contributed by atoms with Crippen molar-refractivity contribution >= 4 is 33.2 Å². The smallest absolute Gasteiger partial charge is 0.279 e. The Balaban J connectivity index is 1.95. The van der Waals surface area contributed by atoms with Gasteiger partial charge in [0.2, 0.25) is 0 Å². The predicted molar refractivity (Wildman–Crippen MR) is 108 cm³/mol. The monoisotopic (exact) mass is 404 g/mol. The number of nitrogens with zero attached hydrogens (tertiary/aromatic N) is 1. The Morgan fingerprint density at radius 1 is 1.16 bits per heavy atom. The van der Waals surface area contributed by atoms with Crippen LogP contribution >= 0.6 is 15.9 Å². The predicted octanol–water partition coefficient (Wildman–Crippen LogP) is 2.87. The highest BCUT2D eigenvalue weighted by Gasteiger charge is 2.14. The van der Waals surface area contributed by atoms with Gasteiger partial charge >= 0.3 is 0 Å². The highest BCUT2D eigenvalue weighted by molar-refractivity contribution is 9.10. The van der Waals surface area contributed by atoms with E-state index in [1.165, 1.54) is 16.2 Å². The van der Waals surface area contributed by atoms with E-state index in [2.05, 4.69) is 57.3 Å². The number of amides is 1. The highest BCUT2D eigenvalue weighted by atomic mass is 79.9. The Bertz CT molecular complexity index is 713. The van der Waals surface area contributed by atoms with Crippen molar-refractivity contribution < 1.29 is 9.69 Å². The number of benzene rings is 2. The molecule has 0 aliphatic heterocycles. The second-order valence-corrected chi connectivity index (χ2v) is 7.44. The molecule has 0 bridgehead atoms. The average Bonchev–Trinajstić information content (AvgIpc) is 2.57. The zero-order valence-electron chi connectivity index (χ0n) is 15.4. The van der Waals surface area contributed by atoms with Gasteiger partial charge in [-0.2, -0.15) is 0 Å². The Kier molecular flexibility index (Phi) is 7.02. The van der Waals surface area contributed by atoms with Crippen LogP contribution in [-0.4, -0.2) is 33.1 Å². The molecule has 25 heavy (non-hydrogen) atoms. The van der Waals surface area contributed by atoms with Crippen molar-refractivity contribution in [3.63, 3.8) is 0 Å². The van der Waals surface area contributed by atoms with Gasteiger partial charge in [0, 0.05) is 35.5 Å². The molecule has 134 valence electrons. The van der Waals surface area contributed by atoms with E-state index in [9.17, 15) is 4.79 Å². The van der Waals surface area contributed by atoms with Crippen LogP contribution in [0.4, 0.5) is 11.4 Å². The molecule has 0 radical (unpaired) electrons. The Hall–Kier alpha value is -1.85. The van der Waals surface area contributed by atoms with Crippen LogP contribution in [0.2, 0.25) is 0 Å². The van der Waals surface area contributed by atoms with Crippen molar-refractivity contribution in [3.05, 3.63) is 58.1 Å². The Morgan fingerprint density at radius 3 is 2.40 bits per heavy atom. The van der Waals surface area contributed by atoms with Crippen LogP contribution in [0.15, 0.2) is 46.9 Å². The van der Waals surface area contributed by atoms with Crippen molar-refractivity contribution in [2.75, 3.05) is 37.4 Å². The fourth-order valence-electron chi connectivity index (χ4n) is 2.70. The second-order valence-electron chi connectivity index (χ2n) is 6.53. The number of likely N-dealkylation sites (N-methyl/N-ethyl adjacent to an activating group) is 1.